The second-order valence-corrected chi connectivity index (χ2v) is 4.55. The lowest BCUT2D eigenvalue weighted by Gasteiger charge is -2.07. The molecule has 0 unspecified atom stereocenters. The summed E-state index contributed by atoms with van der Waals surface area (Å²) in [5, 5.41) is 30.4. The number of amidine groups is 1. The number of nitrogens with two attached hydrogens (primary N) is 1. The second kappa shape index (κ2) is 7.14. The molecule has 0 heterocycles. The minimum absolute atomic E-state index is 0.153. The molecule has 4 N–H and O–H groups in total. The Morgan fingerprint density at radius 1 is 1.64 bits per heavy atom. The highest BCUT2D eigenvalue weighted by Crippen LogP contribution is 2.31. The lowest BCUT2D eigenvalue weighted by Crippen LogP contribution is -2.22. The standard InChI is InChI=1S/C11H9BrN6O4/c1-22-11(19)5-2-7(6(12)3-9(5)18(20)21)16-17-8(4-13)10(14)15/h2-3,16H,1H3,(H3,14,15)/b17-8+. The first kappa shape index (κ1) is 17.1. The fraction of sp³-hybridized carbons (Fsp3) is 0.0909. The molecule has 0 amide bonds. The van der Waals surface area contributed by atoms with Crippen molar-refractivity contribution in [2.24, 2.45) is 10.8 Å². The number of nitriles is 1. The van der Waals surface area contributed by atoms with Gasteiger partial charge in [-0.1, -0.05) is 0 Å². The summed E-state index contributed by atoms with van der Waals surface area (Å²) in [6.07, 6.45) is 0. The molecule has 0 aliphatic rings. The van der Waals surface area contributed by atoms with E-state index < -0.39 is 22.4 Å². The number of benzene rings is 1. The normalized spacial score (nSPS) is 10.5. The molecule has 0 saturated carbocycles. The highest BCUT2D eigenvalue weighted by atomic mass is 79.9. The van der Waals surface area contributed by atoms with Crippen LogP contribution < -0.4 is 11.2 Å². The van der Waals surface area contributed by atoms with E-state index in [0.29, 0.717) is 0 Å². The van der Waals surface area contributed by atoms with Gasteiger partial charge in [0.15, 0.2) is 5.84 Å². The molecule has 22 heavy (non-hydrogen) atoms. The number of nitro groups is 1. The minimum atomic E-state index is -0.904. The number of nitro benzene ring substituents is 1. The average Bonchev–Trinajstić information content (AvgIpc) is 2.47. The molecular formula is C11H9BrN6O4. The third-order valence-electron chi connectivity index (χ3n) is 2.34. The number of hydrogen-bond donors (Lipinski definition) is 3. The molecule has 0 spiro atoms. The van der Waals surface area contributed by atoms with Gasteiger partial charge in [0.05, 0.1) is 17.7 Å². The molecule has 0 saturated heterocycles. The fourth-order valence-electron chi connectivity index (χ4n) is 1.33. The van der Waals surface area contributed by atoms with E-state index in [9.17, 15) is 14.9 Å². The van der Waals surface area contributed by atoms with Gasteiger partial charge in [0, 0.05) is 10.5 Å². The monoisotopic (exact) mass is 368 g/mol. The second-order valence-electron chi connectivity index (χ2n) is 3.70. The van der Waals surface area contributed by atoms with Crippen molar-refractivity contribution in [3.63, 3.8) is 0 Å². The van der Waals surface area contributed by atoms with Crippen molar-refractivity contribution in [1.82, 2.24) is 0 Å². The Labute approximate surface area is 132 Å². The molecule has 1 rings (SSSR count). The van der Waals surface area contributed by atoms with Gasteiger partial charge < -0.3 is 10.5 Å². The molecule has 0 fully saturated rings. The first-order valence-electron chi connectivity index (χ1n) is 5.46. The van der Waals surface area contributed by atoms with Crippen LogP contribution in [0.25, 0.3) is 0 Å². The van der Waals surface area contributed by atoms with E-state index in [0.717, 1.165) is 19.2 Å². The van der Waals surface area contributed by atoms with E-state index in [4.69, 9.17) is 16.4 Å². The Morgan fingerprint density at radius 2 is 2.27 bits per heavy atom. The van der Waals surface area contributed by atoms with E-state index in [-0.39, 0.29) is 21.4 Å². The van der Waals surface area contributed by atoms with E-state index in [2.05, 4.69) is 31.2 Å². The van der Waals surface area contributed by atoms with E-state index in [1.807, 2.05) is 0 Å². The molecule has 0 aliphatic heterocycles. The maximum absolute atomic E-state index is 11.6. The number of esters is 1. The molecule has 0 atom stereocenters. The molecule has 0 bridgehead atoms. The molecule has 11 heteroatoms. The summed E-state index contributed by atoms with van der Waals surface area (Å²) < 4.78 is 4.70. The summed E-state index contributed by atoms with van der Waals surface area (Å²) in [4.78, 5) is 21.8. The van der Waals surface area contributed by atoms with Gasteiger partial charge in [-0.05, 0) is 22.0 Å². The van der Waals surface area contributed by atoms with Crippen LogP contribution in [0.5, 0.6) is 0 Å². The van der Waals surface area contributed by atoms with Gasteiger partial charge in [-0.3, -0.25) is 20.9 Å². The topological polar surface area (TPSA) is 167 Å². The number of ether oxygens (including phenoxy) is 1. The van der Waals surface area contributed by atoms with Gasteiger partial charge in [-0.2, -0.15) is 10.4 Å². The number of anilines is 1. The zero-order valence-electron chi connectivity index (χ0n) is 11.1. The first-order valence-corrected chi connectivity index (χ1v) is 6.25. The Balaban J connectivity index is 3.34. The molecule has 1 aromatic carbocycles. The first-order chi connectivity index (χ1) is 10.3. The van der Waals surface area contributed by atoms with Crippen molar-refractivity contribution in [3.8, 4) is 6.07 Å². The van der Waals surface area contributed by atoms with Crippen LogP contribution in [-0.4, -0.2) is 29.5 Å². The third kappa shape index (κ3) is 3.76. The predicted octanol–water partition coefficient (Wildman–Crippen LogP) is 1.37. The quantitative estimate of drug-likeness (QED) is 0.231. The minimum Gasteiger partial charge on any atom is -0.465 e. The van der Waals surface area contributed by atoms with Crippen molar-refractivity contribution < 1.29 is 14.5 Å². The van der Waals surface area contributed by atoms with E-state index >= 15 is 0 Å². The van der Waals surface area contributed by atoms with Crippen molar-refractivity contribution in [2.75, 3.05) is 12.5 Å². The zero-order chi connectivity index (χ0) is 16.9. The number of halogens is 1. The lowest BCUT2D eigenvalue weighted by molar-refractivity contribution is -0.385. The summed E-state index contributed by atoms with van der Waals surface area (Å²) in [7, 11) is 1.09. The lowest BCUT2D eigenvalue weighted by atomic mass is 10.1. The van der Waals surface area contributed by atoms with Gasteiger partial charge in [-0.25, -0.2) is 4.79 Å². The summed E-state index contributed by atoms with van der Waals surface area (Å²) in [5.74, 6) is -1.46. The maximum Gasteiger partial charge on any atom is 0.344 e. The summed E-state index contributed by atoms with van der Waals surface area (Å²) in [6, 6.07) is 3.81. The van der Waals surface area contributed by atoms with Crippen molar-refractivity contribution in [1.29, 1.82) is 10.7 Å². The van der Waals surface area contributed by atoms with Crippen LogP contribution in [0, 0.1) is 26.9 Å². The van der Waals surface area contributed by atoms with Crippen molar-refractivity contribution in [3.05, 3.63) is 32.3 Å². The van der Waals surface area contributed by atoms with Crippen LogP contribution in [-0.2, 0) is 4.74 Å². The molecule has 114 valence electrons. The van der Waals surface area contributed by atoms with Gasteiger partial charge in [0.2, 0.25) is 5.71 Å². The third-order valence-corrected chi connectivity index (χ3v) is 2.99. The largest absolute Gasteiger partial charge is 0.465 e. The maximum atomic E-state index is 11.6. The fourth-order valence-corrected chi connectivity index (χ4v) is 1.75. The van der Waals surface area contributed by atoms with Crippen molar-refractivity contribution >= 4 is 44.8 Å². The van der Waals surface area contributed by atoms with Gasteiger partial charge >= 0.3 is 5.97 Å². The summed E-state index contributed by atoms with van der Waals surface area (Å²) >= 11 is 3.07. The van der Waals surface area contributed by atoms with Gasteiger partial charge in [0.25, 0.3) is 5.69 Å². The molecular weight excluding hydrogens is 360 g/mol. The van der Waals surface area contributed by atoms with Crippen LogP contribution in [0.15, 0.2) is 21.7 Å². The van der Waals surface area contributed by atoms with Crippen LogP contribution in [0.3, 0.4) is 0 Å². The summed E-state index contributed by atoms with van der Waals surface area (Å²) in [5.41, 5.74) is 6.54. The van der Waals surface area contributed by atoms with Crippen LogP contribution in [0.1, 0.15) is 10.4 Å². The highest BCUT2D eigenvalue weighted by Gasteiger charge is 2.23. The van der Waals surface area contributed by atoms with Crippen LogP contribution in [0.2, 0.25) is 0 Å². The Morgan fingerprint density at radius 3 is 2.73 bits per heavy atom. The van der Waals surface area contributed by atoms with Crippen LogP contribution in [0.4, 0.5) is 11.4 Å². The molecule has 0 aliphatic carbocycles. The van der Waals surface area contributed by atoms with E-state index in [1.54, 1.807) is 6.07 Å². The van der Waals surface area contributed by atoms with Gasteiger partial charge in [-0.15, -0.1) is 0 Å². The molecule has 1 aromatic rings. The number of hydrogen-bond acceptors (Lipinski definition) is 8. The van der Waals surface area contributed by atoms with Crippen LogP contribution >= 0.6 is 15.9 Å². The Hall–Kier alpha value is -3.00. The zero-order valence-corrected chi connectivity index (χ0v) is 12.7. The average molecular weight is 369 g/mol. The molecule has 0 aromatic heterocycles. The van der Waals surface area contributed by atoms with E-state index in [1.165, 1.54) is 0 Å². The summed E-state index contributed by atoms with van der Waals surface area (Å²) in [6.45, 7) is 0. The SMILES string of the molecule is COC(=O)c1cc(N/N=C(\C#N)C(=N)N)c(Br)cc1[N+](=O)[O-]. The number of hydrazone groups is 1. The number of carbonyl (C=O) groups excluding carboxylic acids is 1. The molecule has 0 radical (unpaired) electrons. The van der Waals surface area contributed by atoms with Crippen molar-refractivity contribution in [2.45, 2.75) is 0 Å². The molecule has 10 nitrogen and oxygen atoms in total. The number of rotatable bonds is 5. The number of carbonyl (C=O) groups is 1. The number of nitrogens with one attached hydrogen (secondary N) is 2. The number of methoxy groups -OCH3 is 1. The smallest absolute Gasteiger partial charge is 0.344 e. The Kier molecular flexibility index (Phi) is 5.53. The van der Waals surface area contributed by atoms with Gasteiger partial charge in [0.1, 0.15) is 11.6 Å². The highest BCUT2D eigenvalue weighted by molar-refractivity contribution is 9.10. The predicted molar refractivity (Wildman–Crippen MR) is 80.7 cm³/mol. The Bertz CT molecular complexity index is 724. The number of nitrogens with zero attached hydrogens (tertiary/aromatic N) is 3.